The first-order valence-electron chi connectivity index (χ1n) is 21.2. The van der Waals surface area contributed by atoms with E-state index in [0.717, 1.165) is 77.9 Å². The number of hydrogen-bond donors (Lipinski definition) is 0. The maximum Gasteiger partial charge on any atom is 0.137 e. The van der Waals surface area contributed by atoms with Crippen molar-refractivity contribution < 1.29 is 4.42 Å². The Labute approximate surface area is 362 Å². The third-order valence-corrected chi connectivity index (χ3v) is 11.9. The van der Waals surface area contributed by atoms with E-state index in [4.69, 9.17) is 4.42 Å². The maximum atomic E-state index is 6.58. The third kappa shape index (κ3) is 6.74. The Morgan fingerprint density at radius 1 is 0.258 bits per heavy atom. The molecule has 0 spiro atoms. The Hall–Kier alpha value is -8.20. The Morgan fingerprint density at radius 3 is 1.27 bits per heavy atom. The number of furan rings is 1. The minimum Gasteiger partial charge on any atom is -0.456 e. The van der Waals surface area contributed by atoms with Crippen molar-refractivity contribution in [3.05, 3.63) is 249 Å². The highest BCUT2D eigenvalue weighted by molar-refractivity contribution is 6.08. The van der Waals surface area contributed by atoms with Crippen molar-refractivity contribution in [2.75, 3.05) is 4.90 Å². The Morgan fingerprint density at radius 2 is 0.677 bits per heavy atom. The predicted octanol–water partition coefficient (Wildman–Crippen LogP) is 17.1. The number of para-hydroxylation sites is 1. The van der Waals surface area contributed by atoms with Crippen LogP contribution in [0, 0.1) is 0 Å². The summed E-state index contributed by atoms with van der Waals surface area (Å²) in [5.41, 5.74) is 18.8. The molecule has 62 heavy (non-hydrogen) atoms. The molecule has 0 bridgehead atoms. The lowest BCUT2D eigenvalue weighted by Gasteiger charge is -2.32. The van der Waals surface area contributed by atoms with Crippen molar-refractivity contribution in [2.24, 2.45) is 0 Å². The van der Waals surface area contributed by atoms with Gasteiger partial charge in [-0.25, -0.2) is 0 Å². The zero-order valence-corrected chi connectivity index (χ0v) is 34.0. The number of rotatable bonds is 9. The van der Waals surface area contributed by atoms with Crippen molar-refractivity contribution >= 4 is 39.0 Å². The van der Waals surface area contributed by atoms with Crippen LogP contribution in [0.15, 0.2) is 253 Å². The molecule has 2 nitrogen and oxygen atoms in total. The molecule has 0 unspecified atom stereocenters. The van der Waals surface area contributed by atoms with Gasteiger partial charge >= 0.3 is 0 Å². The van der Waals surface area contributed by atoms with Gasteiger partial charge in [-0.3, -0.25) is 0 Å². The van der Waals surface area contributed by atoms with Gasteiger partial charge in [-0.15, -0.1) is 0 Å². The molecule has 0 saturated heterocycles. The van der Waals surface area contributed by atoms with Crippen LogP contribution in [-0.4, -0.2) is 0 Å². The standard InChI is InChI=1S/C60H41NO/c1-5-19-42(20-6-1)49-27-13-15-29-53(49)54-30-16-14-28-50(54)45-33-35-47(36-34-45)61(48-37-38-56-55-31-17-18-32-57(55)62-58(56)41-48)60-52(44-23-9-3-10-24-44)40-39-51(43-21-7-2-8-22-43)59(60)46-25-11-4-12-26-46/h1-41H. The molecule has 292 valence electrons. The van der Waals surface area contributed by atoms with E-state index in [1.165, 1.54) is 27.8 Å². The van der Waals surface area contributed by atoms with E-state index in [9.17, 15) is 0 Å². The molecule has 0 N–H and O–H groups in total. The summed E-state index contributed by atoms with van der Waals surface area (Å²) in [5, 5.41) is 2.20. The van der Waals surface area contributed by atoms with Gasteiger partial charge in [0.1, 0.15) is 11.2 Å². The van der Waals surface area contributed by atoms with Crippen LogP contribution < -0.4 is 4.90 Å². The van der Waals surface area contributed by atoms with Gasteiger partial charge in [0.25, 0.3) is 0 Å². The lowest BCUT2D eigenvalue weighted by molar-refractivity contribution is 0.669. The number of fused-ring (bicyclic) bond motifs is 3. The third-order valence-electron chi connectivity index (χ3n) is 11.9. The van der Waals surface area contributed by atoms with Crippen LogP contribution in [0.5, 0.6) is 0 Å². The van der Waals surface area contributed by atoms with Gasteiger partial charge in [0.2, 0.25) is 0 Å². The molecule has 0 fully saturated rings. The zero-order valence-electron chi connectivity index (χ0n) is 34.0. The highest BCUT2D eigenvalue weighted by Gasteiger charge is 2.26. The van der Waals surface area contributed by atoms with E-state index < -0.39 is 0 Å². The number of nitrogens with zero attached hydrogens (tertiary/aromatic N) is 1. The highest BCUT2D eigenvalue weighted by atomic mass is 16.3. The summed E-state index contributed by atoms with van der Waals surface area (Å²) < 4.78 is 6.58. The molecular formula is C60H41NO. The molecule has 0 radical (unpaired) electrons. The zero-order chi connectivity index (χ0) is 41.2. The van der Waals surface area contributed by atoms with Crippen LogP contribution >= 0.6 is 0 Å². The monoisotopic (exact) mass is 791 g/mol. The number of anilines is 3. The van der Waals surface area contributed by atoms with E-state index in [2.05, 4.69) is 241 Å². The quantitative estimate of drug-likeness (QED) is 0.145. The average Bonchev–Trinajstić information content (AvgIpc) is 3.73. The van der Waals surface area contributed by atoms with Crippen LogP contribution in [0.3, 0.4) is 0 Å². The van der Waals surface area contributed by atoms with Crippen LogP contribution in [-0.2, 0) is 0 Å². The van der Waals surface area contributed by atoms with Gasteiger partial charge in [0.05, 0.1) is 5.69 Å². The lowest BCUT2D eigenvalue weighted by Crippen LogP contribution is -2.13. The van der Waals surface area contributed by atoms with E-state index in [1.54, 1.807) is 0 Å². The fourth-order valence-electron chi connectivity index (χ4n) is 9.04. The first-order chi connectivity index (χ1) is 30.8. The summed E-state index contributed by atoms with van der Waals surface area (Å²) in [6.07, 6.45) is 0. The van der Waals surface area contributed by atoms with Crippen molar-refractivity contribution in [1.29, 1.82) is 0 Å². The first-order valence-corrected chi connectivity index (χ1v) is 21.2. The van der Waals surface area contributed by atoms with E-state index >= 15 is 0 Å². The molecule has 11 aromatic rings. The molecule has 0 atom stereocenters. The number of hydrogen-bond acceptors (Lipinski definition) is 2. The molecule has 2 heteroatoms. The maximum absolute atomic E-state index is 6.58. The molecule has 10 aromatic carbocycles. The summed E-state index contributed by atoms with van der Waals surface area (Å²) in [4.78, 5) is 2.43. The summed E-state index contributed by atoms with van der Waals surface area (Å²) in [7, 11) is 0. The van der Waals surface area contributed by atoms with Crippen LogP contribution in [0.4, 0.5) is 17.1 Å². The Balaban J connectivity index is 1.16. The van der Waals surface area contributed by atoms with Gasteiger partial charge in [-0.1, -0.05) is 212 Å². The molecule has 0 amide bonds. The van der Waals surface area contributed by atoms with Gasteiger partial charge < -0.3 is 9.32 Å². The SMILES string of the molecule is c1ccc(-c2ccccc2-c2ccccc2-c2ccc(N(c3ccc4c(c3)oc3ccccc34)c3c(-c4ccccc4)ccc(-c4ccccc4)c3-c3ccccc3)cc2)cc1. The summed E-state index contributed by atoms with van der Waals surface area (Å²) in [6, 6.07) is 89.1. The number of benzene rings is 10. The largest absolute Gasteiger partial charge is 0.456 e. The topological polar surface area (TPSA) is 16.4 Å². The van der Waals surface area contributed by atoms with Crippen molar-refractivity contribution in [3.63, 3.8) is 0 Å². The molecule has 1 heterocycles. The summed E-state index contributed by atoms with van der Waals surface area (Å²) in [5.74, 6) is 0. The van der Waals surface area contributed by atoms with Gasteiger partial charge in [-0.05, 0) is 86.0 Å². The van der Waals surface area contributed by atoms with Crippen molar-refractivity contribution in [1.82, 2.24) is 0 Å². The van der Waals surface area contributed by atoms with Gasteiger partial charge in [0, 0.05) is 39.3 Å². The van der Waals surface area contributed by atoms with E-state index in [1.807, 2.05) is 12.1 Å². The second-order valence-corrected chi connectivity index (χ2v) is 15.6. The fraction of sp³-hybridized carbons (Fsp3) is 0. The highest BCUT2D eigenvalue weighted by Crippen LogP contribution is 2.51. The minimum absolute atomic E-state index is 0.845. The van der Waals surface area contributed by atoms with E-state index in [0.29, 0.717) is 0 Å². The smallest absolute Gasteiger partial charge is 0.137 e. The van der Waals surface area contributed by atoms with Gasteiger partial charge in [0.15, 0.2) is 0 Å². The molecule has 0 aliphatic rings. The van der Waals surface area contributed by atoms with Crippen LogP contribution in [0.25, 0.3) is 88.7 Å². The molecule has 11 rings (SSSR count). The second kappa shape index (κ2) is 16.1. The van der Waals surface area contributed by atoms with Crippen LogP contribution in [0.2, 0.25) is 0 Å². The van der Waals surface area contributed by atoms with Crippen molar-refractivity contribution in [3.8, 4) is 66.8 Å². The first kappa shape index (κ1) is 36.8. The van der Waals surface area contributed by atoms with Crippen molar-refractivity contribution in [2.45, 2.75) is 0 Å². The fourth-order valence-corrected chi connectivity index (χ4v) is 9.04. The summed E-state index contributed by atoms with van der Waals surface area (Å²) in [6.45, 7) is 0. The molecule has 0 saturated carbocycles. The molecular weight excluding hydrogens is 751 g/mol. The normalized spacial score (nSPS) is 11.2. The molecule has 0 aliphatic carbocycles. The Bertz CT molecular complexity index is 3320. The van der Waals surface area contributed by atoms with Crippen LogP contribution in [0.1, 0.15) is 0 Å². The second-order valence-electron chi connectivity index (χ2n) is 15.6. The predicted molar refractivity (Wildman–Crippen MR) is 261 cm³/mol. The molecule has 0 aliphatic heterocycles. The lowest BCUT2D eigenvalue weighted by atomic mass is 9.87. The Kier molecular flexibility index (Phi) is 9.57. The van der Waals surface area contributed by atoms with E-state index in [-0.39, 0.29) is 0 Å². The summed E-state index contributed by atoms with van der Waals surface area (Å²) >= 11 is 0. The minimum atomic E-state index is 0.845. The average molecular weight is 792 g/mol. The van der Waals surface area contributed by atoms with Gasteiger partial charge in [-0.2, -0.15) is 0 Å². The molecule has 1 aromatic heterocycles.